The molecule has 0 heterocycles. The topological polar surface area (TPSA) is 226 Å². The van der Waals surface area contributed by atoms with Crippen LogP contribution in [0.5, 0.6) is 97.7 Å². The van der Waals surface area contributed by atoms with E-state index in [0.717, 1.165) is 0 Å². The number of ether oxygens (including phenoxy) is 9. The van der Waals surface area contributed by atoms with Gasteiger partial charge in [0.15, 0.2) is 34.5 Å². The number of rotatable bonds is 17. The van der Waals surface area contributed by atoms with Crippen molar-refractivity contribution in [3.05, 3.63) is 221 Å². The van der Waals surface area contributed by atoms with Gasteiger partial charge >= 0.3 is 0 Å². The highest BCUT2D eigenvalue weighted by Crippen LogP contribution is 2.46. The molecule has 0 radical (unpaired) electrons. The van der Waals surface area contributed by atoms with Gasteiger partial charge in [0.1, 0.15) is 111 Å². The maximum atomic E-state index is 10.6. The van der Waals surface area contributed by atoms with Gasteiger partial charge in [-0.3, -0.25) is 0 Å². The normalized spacial score (nSPS) is 10.1. The quantitative estimate of drug-likeness (QED) is 0.0826. The van der Waals surface area contributed by atoms with E-state index < -0.39 is 0 Å². The molecule has 0 spiro atoms. The minimum absolute atomic E-state index is 0.00297. The summed E-state index contributed by atoms with van der Waals surface area (Å²) in [7, 11) is 1.42. The van der Waals surface area contributed by atoms with Gasteiger partial charge in [0.05, 0.1) is 29.4 Å². The molecule has 0 bridgehead atoms. The first-order valence-electron chi connectivity index (χ1n) is 22.7. The summed E-state index contributed by atoms with van der Waals surface area (Å²) in [6, 6.07) is 63.3. The lowest BCUT2D eigenvalue weighted by Gasteiger charge is -2.18. The molecule has 0 N–H and O–H groups in total. The van der Waals surface area contributed by atoms with E-state index in [1.807, 2.05) is 0 Å². The number of methoxy groups -OCH3 is 1. The maximum absolute atomic E-state index is 10.6. The van der Waals surface area contributed by atoms with Gasteiger partial charge < -0.3 is 42.6 Å². The number of nitriles is 6. The fourth-order valence-electron chi connectivity index (χ4n) is 7.38. The number of nitrogens with zero attached hydrogens (tertiary/aromatic N) is 6. The Bertz CT molecular complexity index is 3950. The molecule has 9 aromatic carbocycles. The highest BCUT2D eigenvalue weighted by Gasteiger charge is 2.22. The summed E-state index contributed by atoms with van der Waals surface area (Å²) in [5.41, 5.74) is 1.16. The molecule has 76 heavy (non-hydrogen) atoms. The van der Waals surface area contributed by atoms with Gasteiger partial charge in [-0.15, -0.1) is 0 Å². The van der Waals surface area contributed by atoms with Crippen molar-refractivity contribution in [2.24, 2.45) is 0 Å². The molecule has 0 fully saturated rings. The van der Waals surface area contributed by atoms with Gasteiger partial charge in [0, 0.05) is 18.2 Å². The van der Waals surface area contributed by atoms with E-state index >= 15 is 0 Å². The van der Waals surface area contributed by atoms with Crippen molar-refractivity contribution in [2.45, 2.75) is 0 Å². The molecule has 0 saturated heterocycles. The van der Waals surface area contributed by atoms with Gasteiger partial charge in [-0.2, -0.15) is 31.6 Å². The summed E-state index contributed by atoms with van der Waals surface area (Å²) in [4.78, 5) is 0. The van der Waals surface area contributed by atoms with Crippen LogP contribution in [0.25, 0.3) is 0 Å². The Balaban J connectivity index is 0.986. The smallest absolute Gasteiger partial charge is 0.173 e. The maximum Gasteiger partial charge on any atom is 0.173 e. The molecule has 0 amide bonds. The Kier molecular flexibility index (Phi) is 14.8. The van der Waals surface area contributed by atoms with Crippen molar-refractivity contribution in [1.29, 1.82) is 31.6 Å². The minimum Gasteiger partial charge on any atom is -0.493 e. The SMILES string of the molecule is COc1cc(Oc2cccc(Oc3cc(Oc4ccccc4C#N)ccc3Oc3ccccc3C#N)c2C#N)ccc1Oc1cccc(Oc2cc(Oc3ccccc3C#N)ccc2Oc2ccccc2C#N)c1C#N. The Labute approximate surface area is 435 Å². The summed E-state index contributed by atoms with van der Waals surface area (Å²) in [5.74, 6) is 3.28. The molecule has 0 aliphatic rings. The van der Waals surface area contributed by atoms with Crippen molar-refractivity contribution in [3.63, 3.8) is 0 Å². The molecule has 362 valence electrons. The number of para-hydroxylation sites is 4. The summed E-state index contributed by atoms with van der Waals surface area (Å²) in [6.07, 6.45) is 0. The number of benzene rings is 9. The third-order valence-corrected chi connectivity index (χ3v) is 11.0. The van der Waals surface area contributed by atoms with E-state index in [2.05, 4.69) is 36.4 Å². The Morgan fingerprint density at radius 2 is 0.500 bits per heavy atom. The van der Waals surface area contributed by atoms with Crippen LogP contribution >= 0.6 is 0 Å². The molecule has 9 aromatic rings. The highest BCUT2D eigenvalue weighted by atomic mass is 16.5. The van der Waals surface area contributed by atoms with Crippen LogP contribution in [0.4, 0.5) is 0 Å². The van der Waals surface area contributed by atoms with Crippen molar-refractivity contribution in [2.75, 3.05) is 7.11 Å². The zero-order valence-electron chi connectivity index (χ0n) is 39.8. The minimum atomic E-state index is -0.00297. The van der Waals surface area contributed by atoms with Crippen molar-refractivity contribution < 1.29 is 42.6 Å². The van der Waals surface area contributed by atoms with Crippen LogP contribution < -0.4 is 42.6 Å². The lowest BCUT2D eigenvalue weighted by molar-refractivity contribution is 0.372. The molecule has 0 atom stereocenters. The lowest BCUT2D eigenvalue weighted by atomic mass is 10.2. The lowest BCUT2D eigenvalue weighted by Crippen LogP contribution is -1.98. The van der Waals surface area contributed by atoms with E-state index in [4.69, 9.17) is 42.6 Å². The first-order chi connectivity index (χ1) is 37.3. The first-order valence-corrected chi connectivity index (χ1v) is 22.7. The van der Waals surface area contributed by atoms with Crippen molar-refractivity contribution in [3.8, 4) is 134 Å². The van der Waals surface area contributed by atoms with E-state index in [-0.39, 0.29) is 108 Å². The molecule has 0 aromatic heterocycles. The van der Waals surface area contributed by atoms with Gasteiger partial charge in [0.25, 0.3) is 0 Å². The second-order valence-corrected chi connectivity index (χ2v) is 15.8. The van der Waals surface area contributed by atoms with Crippen LogP contribution in [0.1, 0.15) is 33.4 Å². The van der Waals surface area contributed by atoms with Crippen LogP contribution in [0.15, 0.2) is 188 Å². The van der Waals surface area contributed by atoms with E-state index in [9.17, 15) is 31.6 Å². The largest absolute Gasteiger partial charge is 0.493 e. The second kappa shape index (κ2) is 22.9. The molecule has 15 nitrogen and oxygen atoms in total. The Morgan fingerprint density at radius 1 is 0.237 bits per heavy atom. The Hall–Kier alpha value is -11.9. The van der Waals surface area contributed by atoms with Crippen LogP contribution in [0.2, 0.25) is 0 Å². The molecular weight excluding hydrogens is 961 g/mol. The van der Waals surface area contributed by atoms with Crippen LogP contribution in [-0.2, 0) is 0 Å². The van der Waals surface area contributed by atoms with Gasteiger partial charge in [-0.25, -0.2) is 0 Å². The van der Waals surface area contributed by atoms with Gasteiger partial charge in [0.2, 0.25) is 0 Å². The Morgan fingerprint density at radius 3 is 0.842 bits per heavy atom. The first kappa shape index (κ1) is 49.1. The summed E-state index contributed by atoms with van der Waals surface area (Å²) in [6.45, 7) is 0. The predicted octanol–water partition coefficient (Wildman–Crippen LogP) is 15.3. The molecule has 0 saturated carbocycles. The fourth-order valence-corrected chi connectivity index (χ4v) is 7.38. The van der Waals surface area contributed by atoms with Gasteiger partial charge in [-0.05, 0) is 109 Å². The molecule has 9 rings (SSSR count). The van der Waals surface area contributed by atoms with Crippen LogP contribution in [-0.4, -0.2) is 7.11 Å². The highest BCUT2D eigenvalue weighted by molar-refractivity contribution is 5.62. The van der Waals surface area contributed by atoms with Crippen molar-refractivity contribution in [1.82, 2.24) is 0 Å². The predicted molar refractivity (Wildman–Crippen MR) is 273 cm³/mol. The molecule has 0 unspecified atom stereocenters. The number of hydrogen-bond donors (Lipinski definition) is 0. The zero-order valence-corrected chi connectivity index (χ0v) is 39.8. The van der Waals surface area contributed by atoms with Crippen LogP contribution in [0, 0.1) is 68.0 Å². The molecule has 0 aliphatic heterocycles. The monoisotopic (exact) mass is 994 g/mol. The zero-order chi connectivity index (χ0) is 52.8. The van der Waals surface area contributed by atoms with E-state index in [0.29, 0.717) is 22.6 Å². The molecule has 0 aliphatic carbocycles. The van der Waals surface area contributed by atoms with E-state index in [1.165, 1.54) is 25.3 Å². The average Bonchev–Trinajstić information content (AvgIpc) is 3.45. The van der Waals surface area contributed by atoms with Gasteiger partial charge in [-0.1, -0.05) is 60.7 Å². The standard InChI is InChI=1S/C61H34N6O9/c1-68-59-30-43(71-52-20-10-22-54(46(52)37-66)75-60-31-44(69-48-16-6-2-12-39(48)33-62)25-28-57(60)72-50-18-8-4-14-41(50)35-64)24-27-56(59)74-53-21-11-23-55(47(53)38-67)76-61-32-45(70-49-17-7-3-13-40(49)34-63)26-29-58(61)73-51-19-9-5-15-42(51)36-65/h2-32H,1H3. The molecular formula is C61H34N6O9. The summed E-state index contributed by atoms with van der Waals surface area (Å²) < 4.78 is 55.7. The third-order valence-electron chi connectivity index (χ3n) is 11.0. The van der Waals surface area contributed by atoms with E-state index in [1.54, 1.807) is 170 Å². The number of hydrogen-bond acceptors (Lipinski definition) is 15. The second-order valence-electron chi connectivity index (χ2n) is 15.8. The van der Waals surface area contributed by atoms with Crippen molar-refractivity contribution >= 4 is 0 Å². The summed E-state index contributed by atoms with van der Waals surface area (Å²) >= 11 is 0. The molecule has 15 heteroatoms. The third kappa shape index (κ3) is 11.0. The average molecular weight is 995 g/mol. The fraction of sp³-hybridized carbons (Fsp3) is 0.0164. The van der Waals surface area contributed by atoms with Crippen LogP contribution in [0.3, 0.4) is 0 Å². The summed E-state index contributed by atoms with van der Waals surface area (Å²) in [5, 5.41) is 60.0.